The van der Waals surface area contributed by atoms with Gasteiger partial charge in [-0.05, 0) is 26.3 Å². The SMILES string of the molecule is COCCOC(=O)/C(C(c1cccc([N+](=O)[O-])c1)C(C(C)=O)C(=O)OC(C)C)=[N+](\[O-])O. The highest BCUT2D eigenvalue weighted by Gasteiger charge is 2.47. The highest BCUT2D eigenvalue weighted by molar-refractivity contribution is 6.37. The largest absolute Gasteiger partial charge is 0.462 e. The number of carbonyl (C=O) groups excluding carboxylic acids is 3. The second kappa shape index (κ2) is 11.6. The molecular weight excluding hydrogens is 416 g/mol. The topological polar surface area (TPSA) is 168 Å². The number of nitro benzene ring substituents is 1. The summed E-state index contributed by atoms with van der Waals surface area (Å²) in [5.41, 5.74) is -1.56. The van der Waals surface area contributed by atoms with Gasteiger partial charge in [-0.2, -0.15) is 0 Å². The second-order valence-electron chi connectivity index (χ2n) is 6.69. The lowest BCUT2D eigenvalue weighted by molar-refractivity contribution is -0.726. The summed E-state index contributed by atoms with van der Waals surface area (Å²) in [6.45, 7) is 3.74. The van der Waals surface area contributed by atoms with Crippen LogP contribution >= 0.6 is 0 Å². The van der Waals surface area contributed by atoms with Crippen LogP contribution in [0, 0.1) is 21.2 Å². The van der Waals surface area contributed by atoms with Crippen LogP contribution in [0.25, 0.3) is 0 Å². The van der Waals surface area contributed by atoms with E-state index in [9.17, 15) is 34.9 Å². The Bertz CT molecular complexity index is 861. The molecule has 0 bridgehead atoms. The van der Waals surface area contributed by atoms with Crippen molar-refractivity contribution in [3.63, 3.8) is 0 Å². The highest BCUT2D eigenvalue weighted by atomic mass is 16.8. The van der Waals surface area contributed by atoms with Gasteiger partial charge in [-0.25, -0.2) is 4.79 Å². The van der Waals surface area contributed by atoms with Crippen LogP contribution in [-0.4, -0.2) is 64.9 Å². The minimum Gasteiger partial charge on any atom is -0.462 e. The first-order valence-corrected chi connectivity index (χ1v) is 9.15. The molecule has 0 saturated heterocycles. The third kappa shape index (κ3) is 7.03. The predicted octanol–water partition coefficient (Wildman–Crippen LogP) is 1.37. The number of nitrogens with zero attached hydrogens (tertiary/aromatic N) is 2. The maximum atomic E-state index is 12.7. The number of rotatable bonds is 11. The van der Waals surface area contributed by atoms with Gasteiger partial charge in [-0.15, -0.1) is 0 Å². The molecule has 1 N–H and O–H groups in total. The quantitative estimate of drug-likeness (QED) is 0.0775. The fraction of sp³-hybridized carbons (Fsp3) is 0.474. The number of ether oxygens (including phenoxy) is 3. The summed E-state index contributed by atoms with van der Waals surface area (Å²) in [5, 5.41) is 32.8. The summed E-state index contributed by atoms with van der Waals surface area (Å²) >= 11 is 0. The molecule has 1 aromatic rings. The Balaban J connectivity index is 3.68. The van der Waals surface area contributed by atoms with Gasteiger partial charge >= 0.3 is 17.7 Å². The molecule has 31 heavy (non-hydrogen) atoms. The van der Waals surface area contributed by atoms with Crippen molar-refractivity contribution >= 4 is 29.1 Å². The Morgan fingerprint density at radius 1 is 1.16 bits per heavy atom. The van der Waals surface area contributed by atoms with Crippen LogP contribution in [-0.2, 0) is 28.6 Å². The molecular formula is C19H24N2O10. The fourth-order valence-corrected chi connectivity index (χ4v) is 2.80. The van der Waals surface area contributed by atoms with Crippen molar-refractivity contribution in [3.8, 4) is 0 Å². The molecule has 0 aliphatic rings. The number of hydrogen-bond donors (Lipinski definition) is 1. The predicted molar refractivity (Wildman–Crippen MR) is 104 cm³/mol. The van der Waals surface area contributed by atoms with Gasteiger partial charge in [-0.1, -0.05) is 12.1 Å². The number of esters is 2. The molecule has 1 aromatic carbocycles. The van der Waals surface area contributed by atoms with E-state index in [4.69, 9.17) is 14.2 Å². The first-order chi connectivity index (χ1) is 14.5. The number of non-ortho nitro benzene ring substituents is 1. The zero-order valence-electron chi connectivity index (χ0n) is 17.5. The molecule has 12 heteroatoms. The summed E-state index contributed by atoms with van der Waals surface area (Å²) in [4.78, 5) is 47.2. The Hall–Kier alpha value is -3.54. The van der Waals surface area contributed by atoms with E-state index >= 15 is 0 Å². The van der Waals surface area contributed by atoms with E-state index < -0.39 is 56.9 Å². The van der Waals surface area contributed by atoms with Gasteiger partial charge in [0.05, 0.1) is 17.6 Å². The molecule has 0 spiro atoms. The lowest BCUT2D eigenvalue weighted by atomic mass is 9.80. The van der Waals surface area contributed by atoms with Crippen LogP contribution in [0.2, 0.25) is 0 Å². The Morgan fingerprint density at radius 3 is 2.29 bits per heavy atom. The molecule has 170 valence electrons. The van der Waals surface area contributed by atoms with Gasteiger partial charge in [0.15, 0.2) is 0 Å². The zero-order chi connectivity index (χ0) is 23.7. The molecule has 0 radical (unpaired) electrons. The minimum atomic E-state index is -1.77. The molecule has 0 amide bonds. The zero-order valence-corrected chi connectivity index (χ0v) is 17.5. The smallest absolute Gasteiger partial charge is 0.405 e. The minimum absolute atomic E-state index is 0.0314. The first-order valence-electron chi connectivity index (χ1n) is 9.15. The fourth-order valence-electron chi connectivity index (χ4n) is 2.80. The Kier molecular flexibility index (Phi) is 9.54. The van der Waals surface area contributed by atoms with E-state index in [1.807, 2.05) is 0 Å². The van der Waals surface area contributed by atoms with Crippen LogP contribution in [0.4, 0.5) is 5.69 Å². The molecule has 0 heterocycles. The Morgan fingerprint density at radius 2 is 1.81 bits per heavy atom. The number of benzene rings is 1. The van der Waals surface area contributed by atoms with Gasteiger partial charge in [-0.3, -0.25) is 24.9 Å². The average molecular weight is 440 g/mol. The number of carbonyl (C=O) groups is 3. The van der Waals surface area contributed by atoms with Crippen molar-refractivity contribution in [2.75, 3.05) is 20.3 Å². The van der Waals surface area contributed by atoms with Crippen LogP contribution in [0.1, 0.15) is 32.3 Å². The van der Waals surface area contributed by atoms with Gasteiger partial charge < -0.3 is 19.4 Å². The number of hydrogen-bond acceptors (Lipinski definition) is 10. The first kappa shape index (κ1) is 25.5. The summed E-state index contributed by atoms with van der Waals surface area (Å²) in [6, 6.07) is 4.63. The summed E-state index contributed by atoms with van der Waals surface area (Å²) in [6.07, 6.45) is -0.644. The van der Waals surface area contributed by atoms with Crippen molar-refractivity contribution in [1.82, 2.24) is 0 Å². The second-order valence-corrected chi connectivity index (χ2v) is 6.69. The molecule has 0 aliphatic heterocycles. The lowest BCUT2D eigenvalue weighted by Crippen LogP contribution is -2.42. The Labute approximate surface area is 177 Å². The van der Waals surface area contributed by atoms with Crippen LogP contribution in [0.15, 0.2) is 24.3 Å². The lowest BCUT2D eigenvalue weighted by Gasteiger charge is -2.23. The van der Waals surface area contributed by atoms with Gasteiger partial charge in [0, 0.05) is 24.1 Å². The van der Waals surface area contributed by atoms with Crippen molar-refractivity contribution < 1.29 is 43.6 Å². The van der Waals surface area contributed by atoms with Crippen LogP contribution < -0.4 is 0 Å². The van der Waals surface area contributed by atoms with Crippen LogP contribution in [0.5, 0.6) is 0 Å². The molecule has 0 aliphatic carbocycles. The third-order valence-corrected chi connectivity index (χ3v) is 4.05. The van der Waals surface area contributed by atoms with E-state index in [1.54, 1.807) is 0 Å². The van der Waals surface area contributed by atoms with Gasteiger partial charge in [0.1, 0.15) is 24.2 Å². The molecule has 1 rings (SSSR count). The summed E-state index contributed by atoms with van der Waals surface area (Å²) < 4.78 is 14.7. The number of nitro groups is 1. The van der Waals surface area contributed by atoms with E-state index in [1.165, 1.54) is 33.1 Å². The number of ketones is 1. The van der Waals surface area contributed by atoms with Crippen molar-refractivity contribution in [2.45, 2.75) is 32.8 Å². The van der Waals surface area contributed by atoms with Crippen molar-refractivity contribution in [1.29, 1.82) is 0 Å². The van der Waals surface area contributed by atoms with E-state index in [2.05, 4.69) is 0 Å². The molecule has 0 aromatic heterocycles. The number of methoxy groups -OCH3 is 1. The van der Waals surface area contributed by atoms with E-state index in [0.717, 1.165) is 19.1 Å². The third-order valence-electron chi connectivity index (χ3n) is 4.05. The number of Topliss-reactive ketones (excluding diaryl/α,β-unsaturated/α-hetero) is 1. The van der Waals surface area contributed by atoms with Crippen LogP contribution in [0.3, 0.4) is 0 Å². The van der Waals surface area contributed by atoms with Crippen molar-refractivity contribution in [3.05, 3.63) is 45.2 Å². The maximum absolute atomic E-state index is 12.7. The normalized spacial score (nSPS) is 13.7. The molecule has 12 nitrogen and oxygen atoms in total. The monoisotopic (exact) mass is 440 g/mol. The van der Waals surface area contributed by atoms with Gasteiger partial charge in [0.25, 0.3) is 5.69 Å². The van der Waals surface area contributed by atoms with Gasteiger partial charge in [0.2, 0.25) is 0 Å². The summed E-state index contributed by atoms with van der Waals surface area (Å²) in [5.74, 6) is -6.71. The van der Waals surface area contributed by atoms with E-state index in [-0.39, 0.29) is 18.8 Å². The van der Waals surface area contributed by atoms with Crippen molar-refractivity contribution in [2.24, 2.45) is 5.92 Å². The molecule has 2 unspecified atom stereocenters. The average Bonchev–Trinajstić information content (AvgIpc) is 2.66. The highest BCUT2D eigenvalue weighted by Crippen LogP contribution is 2.31. The van der Waals surface area contributed by atoms with E-state index in [0.29, 0.717) is 0 Å². The molecule has 0 fully saturated rings. The summed E-state index contributed by atoms with van der Waals surface area (Å²) in [7, 11) is 1.34. The molecule has 2 atom stereocenters. The standard InChI is InChI=1S/C19H24N2O10/c1-11(2)31-18(23)15(12(3)22)16(13-6-5-7-14(10-13)20(25)26)17(21(27)28)19(24)30-9-8-29-4/h5-7,10-11,15-16H,8-9H2,1-4H3,(H,27,28). The maximum Gasteiger partial charge on any atom is 0.405 e. The molecule has 0 saturated carbocycles.